The molecule has 0 saturated carbocycles. The fraction of sp³-hybridized carbons (Fsp3) is 0.381. The van der Waals surface area contributed by atoms with Gasteiger partial charge in [-0.25, -0.2) is 8.42 Å². The molecule has 3 rings (SSSR count). The highest BCUT2D eigenvalue weighted by Gasteiger charge is 2.22. The van der Waals surface area contributed by atoms with Crippen molar-refractivity contribution >= 4 is 37.5 Å². The Balaban J connectivity index is 1.65. The standard InChI is InChI=1S/C21H26BrN3O3S/c1-2-12-25-13-10-18(11-14-25)23-21(26)16-4-3-5-20(15-16)29(27,28)24-19-8-6-17(22)7-9-19/h3-9,15,18,24H,2,10-14H2,1H3,(H,23,26). The monoisotopic (exact) mass is 479 g/mol. The molecule has 1 heterocycles. The second-order valence-corrected chi connectivity index (χ2v) is 9.83. The van der Waals surface area contributed by atoms with E-state index in [0.29, 0.717) is 11.3 Å². The normalized spacial score (nSPS) is 15.8. The van der Waals surface area contributed by atoms with E-state index in [1.807, 2.05) is 0 Å². The first-order valence-electron chi connectivity index (χ1n) is 9.79. The smallest absolute Gasteiger partial charge is 0.261 e. The second-order valence-electron chi connectivity index (χ2n) is 7.23. The molecule has 8 heteroatoms. The molecule has 1 amide bonds. The summed E-state index contributed by atoms with van der Waals surface area (Å²) in [5, 5.41) is 3.05. The van der Waals surface area contributed by atoms with Crippen LogP contribution in [0.3, 0.4) is 0 Å². The Labute approximate surface area is 180 Å². The Morgan fingerprint density at radius 2 is 1.83 bits per heavy atom. The van der Waals surface area contributed by atoms with Gasteiger partial charge in [-0.1, -0.05) is 28.9 Å². The van der Waals surface area contributed by atoms with Crippen molar-refractivity contribution < 1.29 is 13.2 Å². The van der Waals surface area contributed by atoms with E-state index in [2.05, 4.69) is 37.8 Å². The van der Waals surface area contributed by atoms with E-state index < -0.39 is 10.0 Å². The predicted molar refractivity (Wildman–Crippen MR) is 119 cm³/mol. The molecule has 156 valence electrons. The van der Waals surface area contributed by atoms with Gasteiger partial charge in [0, 0.05) is 34.9 Å². The number of piperidine rings is 1. The van der Waals surface area contributed by atoms with Gasteiger partial charge in [-0.05, 0) is 68.3 Å². The van der Waals surface area contributed by atoms with Crippen molar-refractivity contribution in [3.05, 3.63) is 58.6 Å². The summed E-state index contributed by atoms with van der Waals surface area (Å²) in [6.07, 6.45) is 2.95. The SMILES string of the molecule is CCCN1CCC(NC(=O)c2cccc(S(=O)(=O)Nc3ccc(Br)cc3)c2)CC1. The number of likely N-dealkylation sites (tertiary alicyclic amines) is 1. The van der Waals surface area contributed by atoms with Crippen LogP contribution in [0.4, 0.5) is 5.69 Å². The largest absolute Gasteiger partial charge is 0.349 e. The number of sulfonamides is 1. The van der Waals surface area contributed by atoms with E-state index >= 15 is 0 Å². The molecule has 1 saturated heterocycles. The first-order valence-corrected chi connectivity index (χ1v) is 12.1. The van der Waals surface area contributed by atoms with E-state index in [-0.39, 0.29) is 16.8 Å². The van der Waals surface area contributed by atoms with Gasteiger partial charge < -0.3 is 10.2 Å². The molecule has 2 aromatic carbocycles. The molecular weight excluding hydrogens is 454 g/mol. The number of carbonyl (C=O) groups is 1. The van der Waals surface area contributed by atoms with E-state index in [4.69, 9.17) is 0 Å². The van der Waals surface area contributed by atoms with Gasteiger partial charge in [-0.3, -0.25) is 9.52 Å². The highest BCUT2D eigenvalue weighted by atomic mass is 79.9. The third-order valence-electron chi connectivity index (χ3n) is 4.97. The molecule has 0 unspecified atom stereocenters. The van der Waals surface area contributed by atoms with Crippen molar-refractivity contribution in [3.63, 3.8) is 0 Å². The molecule has 6 nitrogen and oxygen atoms in total. The molecule has 0 radical (unpaired) electrons. The summed E-state index contributed by atoms with van der Waals surface area (Å²) in [5.74, 6) is -0.236. The Morgan fingerprint density at radius 3 is 2.48 bits per heavy atom. The van der Waals surface area contributed by atoms with Gasteiger partial charge in [0.2, 0.25) is 0 Å². The van der Waals surface area contributed by atoms with E-state index in [0.717, 1.165) is 43.4 Å². The number of hydrogen-bond donors (Lipinski definition) is 2. The number of benzene rings is 2. The summed E-state index contributed by atoms with van der Waals surface area (Å²) >= 11 is 3.32. The van der Waals surface area contributed by atoms with Crippen LogP contribution in [0.5, 0.6) is 0 Å². The Kier molecular flexibility index (Phi) is 7.32. The van der Waals surface area contributed by atoms with Gasteiger partial charge in [0.05, 0.1) is 4.90 Å². The Morgan fingerprint density at radius 1 is 1.14 bits per heavy atom. The first-order chi connectivity index (χ1) is 13.9. The summed E-state index contributed by atoms with van der Waals surface area (Å²) < 4.78 is 28.8. The van der Waals surface area contributed by atoms with Crippen LogP contribution in [0.1, 0.15) is 36.5 Å². The number of halogens is 1. The zero-order valence-electron chi connectivity index (χ0n) is 16.4. The minimum absolute atomic E-state index is 0.0610. The predicted octanol–water partition coefficient (Wildman–Crippen LogP) is 3.85. The van der Waals surface area contributed by atoms with Crippen LogP contribution in [-0.2, 0) is 10.0 Å². The van der Waals surface area contributed by atoms with Crippen molar-refractivity contribution in [3.8, 4) is 0 Å². The third kappa shape index (κ3) is 6.04. The summed E-state index contributed by atoms with van der Waals surface area (Å²) in [7, 11) is -3.78. The van der Waals surface area contributed by atoms with Crippen molar-refractivity contribution in [2.45, 2.75) is 37.1 Å². The lowest BCUT2D eigenvalue weighted by molar-refractivity contribution is 0.0911. The molecule has 1 fully saturated rings. The maximum absolute atomic E-state index is 12.7. The van der Waals surface area contributed by atoms with Crippen molar-refractivity contribution in [1.29, 1.82) is 0 Å². The van der Waals surface area contributed by atoms with Gasteiger partial charge in [0.1, 0.15) is 0 Å². The maximum atomic E-state index is 12.7. The maximum Gasteiger partial charge on any atom is 0.261 e. The van der Waals surface area contributed by atoms with Crippen molar-refractivity contribution in [1.82, 2.24) is 10.2 Å². The Bertz CT molecular complexity index is 940. The van der Waals surface area contributed by atoms with Gasteiger partial charge in [-0.15, -0.1) is 0 Å². The molecule has 0 bridgehead atoms. The van der Waals surface area contributed by atoms with Gasteiger partial charge in [0.25, 0.3) is 15.9 Å². The number of nitrogens with zero attached hydrogens (tertiary/aromatic N) is 1. The molecule has 2 N–H and O–H groups in total. The third-order valence-corrected chi connectivity index (χ3v) is 6.87. The molecule has 1 aliphatic rings. The van der Waals surface area contributed by atoms with Crippen LogP contribution in [0, 0.1) is 0 Å². The fourth-order valence-corrected chi connectivity index (χ4v) is 4.79. The van der Waals surface area contributed by atoms with Crippen LogP contribution in [-0.4, -0.2) is 44.9 Å². The average molecular weight is 480 g/mol. The first kappa shape index (κ1) is 21.8. The molecule has 0 spiro atoms. The van der Waals surface area contributed by atoms with Crippen LogP contribution in [0.2, 0.25) is 0 Å². The molecule has 0 atom stereocenters. The van der Waals surface area contributed by atoms with Crippen molar-refractivity contribution in [2.24, 2.45) is 0 Å². The van der Waals surface area contributed by atoms with E-state index in [1.54, 1.807) is 36.4 Å². The Hall–Kier alpha value is -1.90. The number of amides is 1. The minimum Gasteiger partial charge on any atom is -0.349 e. The summed E-state index contributed by atoms with van der Waals surface area (Å²) in [5.41, 5.74) is 0.807. The number of nitrogens with one attached hydrogen (secondary N) is 2. The topological polar surface area (TPSA) is 78.5 Å². The quantitative estimate of drug-likeness (QED) is 0.631. The molecular formula is C21H26BrN3O3S. The second kappa shape index (κ2) is 9.73. The highest BCUT2D eigenvalue weighted by molar-refractivity contribution is 9.10. The minimum atomic E-state index is -3.78. The van der Waals surface area contributed by atoms with Crippen LogP contribution in [0.15, 0.2) is 57.9 Å². The zero-order chi connectivity index (χ0) is 20.9. The van der Waals surface area contributed by atoms with Gasteiger partial charge in [-0.2, -0.15) is 0 Å². The molecule has 29 heavy (non-hydrogen) atoms. The molecule has 0 aromatic heterocycles. The lowest BCUT2D eigenvalue weighted by Crippen LogP contribution is -2.44. The van der Waals surface area contributed by atoms with Crippen LogP contribution in [0.25, 0.3) is 0 Å². The lowest BCUT2D eigenvalue weighted by atomic mass is 10.0. The number of hydrogen-bond acceptors (Lipinski definition) is 4. The van der Waals surface area contributed by atoms with E-state index in [1.165, 1.54) is 12.1 Å². The van der Waals surface area contributed by atoms with Crippen LogP contribution < -0.4 is 10.0 Å². The molecule has 1 aliphatic heterocycles. The lowest BCUT2D eigenvalue weighted by Gasteiger charge is -2.32. The summed E-state index contributed by atoms with van der Waals surface area (Å²) in [6.45, 7) is 5.21. The van der Waals surface area contributed by atoms with Gasteiger partial charge in [0.15, 0.2) is 0 Å². The number of anilines is 1. The number of carbonyl (C=O) groups excluding carboxylic acids is 1. The fourth-order valence-electron chi connectivity index (χ4n) is 3.42. The van der Waals surface area contributed by atoms with Crippen molar-refractivity contribution in [2.75, 3.05) is 24.4 Å². The molecule has 0 aliphatic carbocycles. The van der Waals surface area contributed by atoms with Gasteiger partial charge >= 0.3 is 0 Å². The highest BCUT2D eigenvalue weighted by Crippen LogP contribution is 2.20. The van der Waals surface area contributed by atoms with Crippen LogP contribution >= 0.6 is 15.9 Å². The number of rotatable bonds is 7. The summed E-state index contributed by atoms with van der Waals surface area (Å²) in [6, 6.07) is 13.1. The zero-order valence-corrected chi connectivity index (χ0v) is 18.8. The van der Waals surface area contributed by atoms with E-state index in [9.17, 15) is 13.2 Å². The summed E-state index contributed by atoms with van der Waals surface area (Å²) in [4.78, 5) is 15.1. The average Bonchev–Trinajstić information content (AvgIpc) is 2.71. The molecule has 2 aromatic rings.